The van der Waals surface area contributed by atoms with E-state index in [2.05, 4.69) is 61.5 Å². The Morgan fingerprint density at radius 1 is 0.714 bits per heavy atom. The standard InChI is InChI=1S/C20H16O/c1-13-15-7-4-5-9-18(15)19(12-21)20-16(13)11-10-14-6-2-3-8-17(14)20/h2-11,21H,12H2,1H3. The predicted octanol–water partition coefficient (Wildman–Crippen LogP) is 4.95. The molecule has 4 rings (SSSR count). The zero-order valence-electron chi connectivity index (χ0n) is 11.9. The summed E-state index contributed by atoms with van der Waals surface area (Å²) in [5, 5.41) is 17.2. The largest absolute Gasteiger partial charge is 0.392 e. The first-order valence-corrected chi connectivity index (χ1v) is 7.24. The topological polar surface area (TPSA) is 20.2 Å². The van der Waals surface area contributed by atoms with Crippen LogP contribution in [0.25, 0.3) is 32.3 Å². The van der Waals surface area contributed by atoms with E-state index < -0.39 is 0 Å². The fraction of sp³-hybridized carbons (Fsp3) is 0.100. The average molecular weight is 272 g/mol. The van der Waals surface area contributed by atoms with Gasteiger partial charge in [-0.1, -0.05) is 60.7 Å². The number of hydrogen-bond acceptors (Lipinski definition) is 1. The molecule has 0 amide bonds. The van der Waals surface area contributed by atoms with Crippen molar-refractivity contribution in [3.63, 3.8) is 0 Å². The SMILES string of the molecule is Cc1c2ccccc2c(CO)c2c1ccc1ccccc12. The van der Waals surface area contributed by atoms with Gasteiger partial charge in [-0.15, -0.1) is 0 Å². The van der Waals surface area contributed by atoms with Crippen molar-refractivity contribution in [1.29, 1.82) is 0 Å². The third-order valence-electron chi connectivity index (χ3n) is 4.45. The number of aliphatic hydroxyl groups is 1. The van der Waals surface area contributed by atoms with Gasteiger partial charge in [-0.3, -0.25) is 0 Å². The first-order valence-electron chi connectivity index (χ1n) is 7.24. The summed E-state index contributed by atoms with van der Waals surface area (Å²) in [6.45, 7) is 2.23. The molecular formula is C20H16O. The number of aryl methyl sites for hydroxylation is 1. The highest BCUT2D eigenvalue weighted by Gasteiger charge is 2.12. The van der Waals surface area contributed by atoms with Crippen LogP contribution in [0.3, 0.4) is 0 Å². The maximum absolute atomic E-state index is 9.98. The lowest BCUT2D eigenvalue weighted by Crippen LogP contribution is -1.93. The molecule has 0 bridgehead atoms. The second-order valence-corrected chi connectivity index (χ2v) is 5.52. The van der Waals surface area contributed by atoms with Crippen molar-refractivity contribution in [3.8, 4) is 0 Å². The zero-order valence-corrected chi connectivity index (χ0v) is 11.9. The van der Waals surface area contributed by atoms with Crippen molar-refractivity contribution >= 4 is 32.3 Å². The van der Waals surface area contributed by atoms with Crippen molar-refractivity contribution in [2.24, 2.45) is 0 Å². The van der Waals surface area contributed by atoms with E-state index in [9.17, 15) is 5.11 Å². The minimum absolute atomic E-state index is 0.0608. The molecular weight excluding hydrogens is 256 g/mol. The normalized spacial score (nSPS) is 11.5. The molecule has 21 heavy (non-hydrogen) atoms. The second-order valence-electron chi connectivity index (χ2n) is 5.52. The molecule has 4 aromatic carbocycles. The van der Waals surface area contributed by atoms with E-state index in [0.29, 0.717) is 0 Å². The van der Waals surface area contributed by atoms with Gasteiger partial charge in [0.2, 0.25) is 0 Å². The van der Waals surface area contributed by atoms with Crippen LogP contribution in [0.5, 0.6) is 0 Å². The molecule has 0 aliphatic heterocycles. The van der Waals surface area contributed by atoms with Gasteiger partial charge in [0, 0.05) is 0 Å². The van der Waals surface area contributed by atoms with Crippen molar-refractivity contribution in [1.82, 2.24) is 0 Å². The van der Waals surface area contributed by atoms with Crippen LogP contribution in [-0.2, 0) is 6.61 Å². The average Bonchev–Trinajstić information content (AvgIpc) is 2.55. The molecule has 0 atom stereocenters. The maximum atomic E-state index is 9.98. The number of benzene rings is 4. The molecule has 102 valence electrons. The van der Waals surface area contributed by atoms with E-state index in [-0.39, 0.29) is 6.61 Å². The monoisotopic (exact) mass is 272 g/mol. The van der Waals surface area contributed by atoms with Crippen LogP contribution < -0.4 is 0 Å². The van der Waals surface area contributed by atoms with Gasteiger partial charge in [0.1, 0.15) is 0 Å². The Balaban J connectivity index is 2.38. The molecule has 1 nitrogen and oxygen atoms in total. The third kappa shape index (κ3) is 1.68. The molecule has 0 saturated carbocycles. The fourth-order valence-corrected chi connectivity index (χ4v) is 3.43. The molecule has 0 spiro atoms. The maximum Gasteiger partial charge on any atom is 0.0694 e. The highest BCUT2D eigenvalue weighted by molar-refractivity contribution is 6.16. The fourth-order valence-electron chi connectivity index (χ4n) is 3.43. The van der Waals surface area contributed by atoms with E-state index >= 15 is 0 Å². The molecule has 0 unspecified atom stereocenters. The molecule has 0 aliphatic rings. The highest BCUT2D eigenvalue weighted by Crippen LogP contribution is 2.36. The first-order chi connectivity index (χ1) is 10.3. The number of rotatable bonds is 1. The number of hydrogen-bond donors (Lipinski definition) is 1. The van der Waals surface area contributed by atoms with Crippen LogP contribution in [0.4, 0.5) is 0 Å². The van der Waals surface area contributed by atoms with Crippen LogP contribution >= 0.6 is 0 Å². The molecule has 0 saturated heterocycles. The lowest BCUT2D eigenvalue weighted by atomic mass is 9.90. The summed E-state index contributed by atoms with van der Waals surface area (Å²) < 4.78 is 0. The molecule has 0 aromatic heterocycles. The van der Waals surface area contributed by atoms with Gasteiger partial charge in [-0.25, -0.2) is 0 Å². The van der Waals surface area contributed by atoms with E-state index in [0.717, 1.165) is 10.9 Å². The second kappa shape index (κ2) is 4.57. The Morgan fingerprint density at radius 3 is 2.14 bits per heavy atom. The molecule has 0 radical (unpaired) electrons. The van der Waals surface area contributed by atoms with Gasteiger partial charge >= 0.3 is 0 Å². The molecule has 0 heterocycles. The van der Waals surface area contributed by atoms with Gasteiger partial charge in [0.05, 0.1) is 6.61 Å². The van der Waals surface area contributed by atoms with Gasteiger partial charge in [-0.05, 0) is 50.4 Å². The van der Waals surface area contributed by atoms with Crippen LogP contribution in [0, 0.1) is 6.92 Å². The van der Waals surface area contributed by atoms with Gasteiger partial charge in [-0.2, -0.15) is 0 Å². The minimum Gasteiger partial charge on any atom is -0.392 e. The van der Waals surface area contributed by atoms with Crippen LogP contribution in [0.1, 0.15) is 11.1 Å². The minimum atomic E-state index is 0.0608. The van der Waals surface area contributed by atoms with Crippen molar-refractivity contribution in [2.75, 3.05) is 0 Å². The van der Waals surface area contributed by atoms with E-state index in [1.807, 2.05) is 6.07 Å². The predicted molar refractivity (Wildman–Crippen MR) is 89.6 cm³/mol. The van der Waals surface area contributed by atoms with Crippen LogP contribution in [0.2, 0.25) is 0 Å². The Hall–Kier alpha value is -2.38. The highest BCUT2D eigenvalue weighted by atomic mass is 16.3. The molecule has 4 aromatic rings. The smallest absolute Gasteiger partial charge is 0.0694 e. The number of fused-ring (bicyclic) bond motifs is 4. The third-order valence-corrected chi connectivity index (χ3v) is 4.45. The summed E-state index contributed by atoms with van der Waals surface area (Å²) in [7, 11) is 0. The summed E-state index contributed by atoms with van der Waals surface area (Å²) >= 11 is 0. The molecule has 0 aliphatic carbocycles. The Kier molecular flexibility index (Phi) is 2.69. The van der Waals surface area contributed by atoms with Crippen molar-refractivity contribution in [2.45, 2.75) is 13.5 Å². The summed E-state index contributed by atoms with van der Waals surface area (Å²) in [5.74, 6) is 0. The molecule has 1 N–H and O–H groups in total. The van der Waals surface area contributed by atoms with Crippen molar-refractivity contribution < 1.29 is 5.11 Å². The summed E-state index contributed by atoms with van der Waals surface area (Å²) in [4.78, 5) is 0. The van der Waals surface area contributed by atoms with E-state index in [1.165, 1.54) is 32.5 Å². The summed E-state index contributed by atoms with van der Waals surface area (Å²) in [5.41, 5.74) is 2.31. The van der Waals surface area contributed by atoms with Gasteiger partial charge in [0.15, 0.2) is 0 Å². The summed E-state index contributed by atoms with van der Waals surface area (Å²) in [6, 6.07) is 21.1. The quantitative estimate of drug-likeness (QED) is 0.384. The lowest BCUT2D eigenvalue weighted by molar-refractivity contribution is 0.285. The molecule has 1 heteroatoms. The van der Waals surface area contributed by atoms with Crippen molar-refractivity contribution in [3.05, 3.63) is 71.8 Å². The van der Waals surface area contributed by atoms with E-state index in [4.69, 9.17) is 0 Å². The van der Waals surface area contributed by atoms with Gasteiger partial charge in [0.25, 0.3) is 0 Å². The van der Waals surface area contributed by atoms with Crippen LogP contribution in [0.15, 0.2) is 60.7 Å². The van der Waals surface area contributed by atoms with Gasteiger partial charge < -0.3 is 5.11 Å². The molecule has 0 fully saturated rings. The number of aliphatic hydroxyl groups excluding tert-OH is 1. The Bertz CT molecular complexity index is 983. The van der Waals surface area contributed by atoms with Crippen LogP contribution in [-0.4, -0.2) is 5.11 Å². The Morgan fingerprint density at radius 2 is 1.38 bits per heavy atom. The van der Waals surface area contributed by atoms with E-state index in [1.54, 1.807) is 0 Å². The zero-order chi connectivity index (χ0) is 14.4. The lowest BCUT2D eigenvalue weighted by Gasteiger charge is -2.15. The summed E-state index contributed by atoms with van der Waals surface area (Å²) in [6.07, 6.45) is 0. The first kappa shape index (κ1) is 12.4. The Labute approximate surface area is 123 Å².